The molecule has 0 aliphatic rings. The van der Waals surface area contributed by atoms with E-state index in [1.165, 1.54) is 17.4 Å². The molecule has 0 saturated heterocycles. The smallest absolute Gasteiger partial charge is 0.250 e. The van der Waals surface area contributed by atoms with Crippen molar-refractivity contribution in [2.24, 2.45) is 0 Å². The Labute approximate surface area is 158 Å². The van der Waals surface area contributed by atoms with E-state index in [1.807, 2.05) is 18.2 Å². The SMILES string of the molecule is CCCCSc1nnc(NC(=O)/C=C/c2cc(Br)ccc2OC)s1. The number of unbranched alkanes of at least 4 members (excludes halogenated alkanes) is 1. The van der Waals surface area contributed by atoms with Gasteiger partial charge < -0.3 is 4.74 Å². The molecule has 128 valence electrons. The molecule has 1 aromatic heterocycles. The number of rotatable bonds is 8. The number of thioether (sulfide) groups is 1. The Balaban J connectivity index is 1.94. The molecule has 1 amide bonds. The van der Waals surface area contributed by atoms with Crippen LogP contribution in [0.25, 0.3) is 6.08 Å². The van der Waals surface area contributed by atoms with E-state index in [-0.39, 0.29) is 5.91 Å². The summed E-state index contributed by atoms with van der Waals surface area (Å²) < 4.78 is 7.06. The molecule has 1 heterocycles. The van der Waals surface area contributed by atoms with Crippen molar-refractivity contribution in [3.05, 3.63) is 34.3 Å². The number of halogens is 1. The molecule has 8 heteroatoms. The van der Waals surface area contributed by atoms with Gasteiger partial charge in [-0.15, -0.1) is 10.2 Å². The molecule has 1 aromatic carbocycles. The number of carbonyl (C=O) groups excluding carboxylic acids is 1. The summed E-state index contributed by atoms with van der Waals surface area (Å²) in [4.78, 5) is 12.0. The number of ether oxygens (including phenoxy) is 1. The van der Waals surface area contributed by atoms with Gasteiger partial charge in [-0.25, -0.2) is 0 Å². The Hall–Kier alpha value is -1.38. The Morgan fingerprint density at radius 1 is 1.46 bits per heavy atom. The standard InChI is InChI=1S/C16H18BrN3O2S2/c1-3-4-9-23-16-20-19-15(24-16)18-14(21)8-5-11-10-12(17)6-7-13(11)22-2/h5-8,10H,3-4,9H2,1-2H3,(H,18,19,21)/b8-5+. The molecule has 2 aromatic rings. The minimum absolute atomic E-state index is 0.252. The Morgan fingerprint density at radius 3 is 3.04 bits per heavy atom. The van der Waals surface area contributed by atoms with Crippen molar-refractivity contribution in [1.29, 1.82) is 0 Å². The van der Waals surface area contributed by atoms with E-state index in [0.717, 1.165) is 33.0 Å². The first kappa shape index (κ1) is 19.0. The minimum Gasteiger partial charge on any atom is -0.496 e. The summed E-state index contributed by atoms with van der Waals surface area (Å²) in [6.07, 6.45) is 5.45. The Kier molecular flexibility index (Phi) is 7.74. The quantitative estimate of drug-likeness (QED) is 0.282. The predicted octanol–water partition coefficient (Wildman–Crippen LogP) is 4.85. The summed E-state index contributed by atoms with van der Waals surface area (Å²) in [5, 5.41) is 11.3. The van der Waals surface area contributed by atoms with Gasteiger partial charge in [-0.3, -0.25) is 10.1 Å². The van der Waals surface area contributed by atoms with Crippen LogP contribution >= 0.6 is 39.0 Å². The molecule has 0 spiro atoms. The molecule has 24 heavy (non-hydrogen) atoms. The third-order valence-corrected chi connectivity index (χ3v) is 5.52. The lowest BCUT2D eigenvalue weighted by molar-refractivity contribution is -0.111. The number of nitrogens with one attached hydrogen (secondary N) is 1. The molecule has 0 atom stereocenters. The number of anilines is 1. The second-order valence-corrected chi connectivity index (χ2v) is 8.02. The maximum atomic E-state index is 12.0. The van der Waals surface area contributed by atoms with Gasteiger partial charge in [-0.1, -0.05) is 52.4 Å². The van der Waals surface area contributed by atoms with Crippen molar-refractivity contribution in [3.63, 3.8) is 0 Å². The van der Waals surface area contributed by atoms with E-state index in [2.05, 4.69) is 38.4 Å². The zero-order valence-corrected chi connectivity index (χ0v) is 16.6. The minimum atomic E-state index is -0.252. The fourth-order valence-corrected chi connectivity index (χ4v) is 4.06. The van der Waals surface area contributed by atoms with Gasteiger partial charge in [-0.2, -0.15) is 0 Å². The van der Waals surface area contributed by atoms with Crippen molar-refractivity contribution in [1.82, 2.24) is 10.2 Å². The third kappa shape index (κ3) is 5.92. The molecule has 2 rings (SSSR count). The summed E-state index contributed by atoms with van der Waals surface area (Å²) in [6, 6.07) is 5.61. The van der Waals surface area contributed by atoms with Gasteiger partial charge in [0.2, 0.25) is 11.0 Å². The predicted molar refractivity (Wildman–Crippen MR) is 104 cm³/mol. The lowest BCUT2D eigenvalue weighted by atomic mass is 10.2. The zero-order valence-electron chi connectivity index (χ0n) is 13.4. The van der Waals surface area contributed by atoms with Crippen molar-refractivity contribution < 1.29 is 9.53 Å². The number of amides is 1. The van der Waals surface area contributed by atoms with Gasteiger partial charge >= 0.3 is 0 Å². The number of benzene rings is 1. The van der Waals surface area contributed by atoms with Gasteiger partial charge in [0.1, 0.15) is 5.75 Å². The van der Waals surface area contributed by atoms with E-state index >= 15 is 0 Å². The summed E-state index contributed by atoms with van der Waals surface area (Å²) in [7, 11) is 1.60. The number of methoxy groups -OCH3 is 1. The average molecular weight is 428 g/mol. The molecule has 0 unspecified atom stereocenters. The third-order valence-electron chi connectivity index (χ3n) is 2.97. The first-order valence-corrected chi connectivity index (χ1v) is 10.0. The van der Waals surface area contributed by atoms with E-state index in [4.69, 9.17) is 4.74 Å². The number of nitrogens with zero attached hydrogens (tertiary/aromatic N) is 2. The fourth-order valence-electron chi connectivity index (χ4n) is 1.77. The van der Waals surface area contributed by atoms with Crippen LogP contribution in [-0.4, -0.2) is 29.0 Å². The van der Waals surface area contributed by atoms with Crippen LogP contribution in [0.4, 0.5) is 5.13 Å². The van der Waals surface area contributed by atoms with Crippen LogP contribution in [0.3, 0.4) is 0 Å². The van der Waals surface area contributed by atoms with Crippen molar-refractivity contribution >= 4 is 56.1 Å². The van der Waals surface area contributed by atoms with Gasteiger partial charge in [0.05, 0.1) is 7.11 Å². The highest BCUT2D eigenvalue weighted by atomic mass is 79.9. The largest absolute Gasteiger partial charge is 0.496 e. The highest BCUT2D eigenvalue weighted by Gasteiger charge is 2.07. The Morgan fingerprint density at radius 2 is 2.29 bits per heavy atom. The summed E-state index contributed by atoms with van der Waals surface area (Å²) in [5.41, 5.74) is 0.815. The number of carbonyl (C=O) groups is 1. The van der Waals surface area contributed by atoms with Gasteiger partial charge in [0.15, 0.2) is 4.34 Å². The molecule has 0 bridgehead atoms. The maximum Gasteiger partial charge on any atom is 0.250 e. The molecule has 0 radical (unpaired) electrons. The topological polar surface area (TPSA) is 64.1 Å². The van der Waals surface area contributed by atoms with Gasteiger partial charge in [0.25, 0.3) is 0 Å². The summed E-state index contributed by atoms with van der Waals surface area (Å²) >= 11 is 6.46. The molecule has 1 N–H and O–H groups in total. The fraction of sp³-hybridized carbons (Fsp3) is 0.312. The van der Waals surface area contributed by atoms with E-state index in [9.17, 15) is 4.79 Å². The molecular weight excluding hydrogens is 410 g/mol. The van der Waals surface area contributed by atoms with E-state index in [0.29, 0.717) is 10.9 Å². The van der Waals surface area contributed by atoms with Crippen molar-refractivity contribution in [3.8, 4) is 5.75 Å². The molecular formula is C16H18BrN3O2S2. The summed E-state index contributed by atoms with van der Waals surface area (Å²) in [6.45, 7) is 2.15. The average Bonchev–Trinajstić information content (AvgIpc) is 3.00. The summed E-state index contributed by atoms with van der Waals surface area (Å²) in [5.74, 6) is 1.47. The molecule has 0 saturated carbocycles. The molecule has 0 aliphatic heterocycles. The second-order valence-electron chi connectivity index (χ2n) is 4.78. The van der Waals surface area contributed by atoms with E-state index in [1.54, 1.807) is 24.9 Å². The van der Waals surface area contributed by atoms with Crippen LogP contribution in [0.5, 0.6) is 5.75 Å². The normalized spacial score (nSPS) is 11.0. The molecule has 0 fully saturated rings. The van der Waals surface area contributed by atoms with E-state index < -0.39 is 0 Å². The second kappa shape index (κ2) is 9.80. The van der Waals surface area contributed by atoms with Crippen molar-refractivity contribution in [2.75, 3.05) is 18.2 Å². The molecule has 0 aliphatic carbocycles. The van der Waals surface area contributed by atoms with Crippen LogP contribution in [0.2, 0.25) is 0 Å². The lowest BCUT2D eigenvalue weighted by Crippen LogP contribution is -2.07. The van der Waals surface area contributed by atoms with Gasteiger partial charge in [0, 0.05) is 21.9 Å². The highest BCUT2D eigenvalue weighted by Crippen LogP contribution is 2.26. The van der Waals surface area contributed by atoms with Gasteiger partial charge in [-0.05, 0) is 30.7 Å². The first-order chi connectivity index (χ1) is 11.6. The number of hydrogen-bond donors (Lipinski definition) is 1. The number of aromatic nitrogens is 2. The molecule has 5 nitrogen and oxygen atoms in total. The van der Waals surface area contributed by atoms with Crippen LogP contribution in [0, 0.1) is 0 Å². The Bertz CT molecular complexity index is 719. The monoisotopic (exact) mass is 427 g/mol. The highest BCUT2D eigenvalue weighted by molar-refractivity contribution is 9.10. The number of hydrogen-bond acceptors (Lipinski definition) is 6. The van der Waals surface area contributed by atoms with Crippen LogP contribution in [-0.2, 0) is 4.79 Å². The van der Waals surface area contributed by atoms with Crippen LogP contribution in [0.15, 0.2) is 33.1 Å². The maximum absolute atomic E-state index is 12.0. The van der Waals surface area contributed by atoms with Crippen LogP contribution in [0.1, 0.15) is 25.3 Å². The lowest BCUT2D eigenvalue weighted by Gasteiger charge is -2.04. The zero-order chi connectivity index (χ0) is 17.4. The van der Waals surface area contributed by atoms with Crippen molar-refractivity contribution in [2.45, 2.75) is 24.1 Å². The first-order valence-electron chi connectivity index (χ1n) is 7.41. The van der Waals surface area contributed by atoms with Crippen LogP contribution < -0.4 is 10.1 Å².